The quantitative estimate of drug-likeness (QED) is 0.737. The largest absolute Gasteiger partial charge is 0.263 e. The number of nitriles is 1. The maximum absolute atomic E-state index is 8.91. The molecule has 0 saturated carbocycles. The van der Waals surface area contributed by atoms with Crippen LogP contribution in [-0.4, -0.2) is 15.0 Å². The minimum atomic E-state index is 0.587. The van der Waals surface area contributed by atoms with E-state index >= 15 is 0 Å². The van der Waals surface area contributed by atoms with Crippen molar-refractivity contribution in [1.29, 1.82) is 5.26 Å². The number of pyridine rings is 1. The van der Waals surface area contributed by atoms with Crippen LogP contribution in [0.25, 0.3) is 0 Å². The highest BCUT2D eigenvalue weighted by Gasteiger charge is 2.05. The molecule has 0 saturated heterocycles. The lowest BCUT2D eigenvalue weighted by atomic mass is 10.3. The Morgan fingerprint density at radius 2 is 2.00 bits per heavy atom. The lowest BCUT2D eigenvalue weighted by Gasteiger charge is -2.01. The summed E-state index contributed by atoms with van der Waals surface area (Å²) in [6.07, 6.45) is 6.74. The summed E-state index contributed by atoms with van der Waals surface area (Å²) in [4.78, 5) is 13.1. The van der Waals surface area contributed by atoms with Gasteiger partial charge in [0.05, 0.1) is 10.5 Å². The maximum atomic E-state index is 8.91. The molecular formula is C11H8N4S. The molecule has 0 spiro atoms. The van der Waals surface area contributed by atoms with Gasteiger partial charge < -0.3 is 0 Å². The van der Waals surface area contributed by atoms with Crippen LogP contribution >= 0.6 is 11.8 Å². The van der Waals surface area contributed by atoms with E-state index in [-0.39, 0.29) is 0 Å². The van der Waals surface area contributed by atoms with E-state index in [0.717, 1.165) is 10.5 Å². The second kappa shape index (κ2) is 4.73. The molecule has 0 aliphatic carbocycles. The van der Waals surface area contributed by atoms with Crippen LogP contribution in [0.3, 0.4) is 0 Å². The van der Waals surface area contributed by atoms with Crippen molar-refractivity contribution in [2.24, 2.45) is 0 Å². The third-order valence-corrected chi connectivity index (χ3v) is 2.80. The van der Waals surface area contributed by atoms with E-state index < -0.39 is 0 Å². The zero-order valence-corrected chi connectivity index (χ0v) is 9.40. The van der Waals surface area contributed by atoms with E-state index in [9.17, 15) is 0 Å². The summed E-state index contributed by atoms with van der Waals surface area (Å²) in [5.74, 6) is 0. The Bertz CT molecular complexity index is 530. The summed E-state index contributed by atoms with van der Waals surface area (Å²) in [5, 5.41) is 9.53. The molecule has 78 valence electrons. The van der Waals surface area contributed by atoms with E-state index in [4.69, 9.17) is 5.26 Å². The van der Waals surface area contributed by atoms with Crippen LogP contribution in [0.2, 0.25) is 0 Å². The second-order valence-corrected chi connectivity index (χ2v) is 4.14. The van der Waals surface area contributed by atoms with Crippen LogP contribution in [-0.2, 0) is 0 Å². The highest BCUT2D eigenvalue weighted by atomic mass is 32.2. The molecule has 2 aromatic heterocycles. The van der Waals surface area contributed by atoms with E-state index in [1.807, 2.05) is 6.92 Å². The summed E-state index contributed by atoms with van der Waals surface area (Å²) < 4.78 is 0. The van der Waals surface area contributed by atoms with Crippen LogP contribution in [0.1, 0.15) is 11.1 Å². The molecular weight excluding hydrogens is 220 g/mol. The smallest absolute Gasteiger partial charge is 0.192 e. The van der Waals surface area contributed by atoms with Crippen LogP contribution < -0.4 is 0 Å². The van der Waals surface area contributed by atoms with Gasteiger partial charge in [0.25, 0.3) is 0 Å². The summed E-state index contributed by atoms with van der Waals surface area (Å²) in [5.41, 5.74) is 1.60. The SMILES string of the molecule is Cc1cnc(Sc2cnccc2C#N)nc1. The average Bonchev–Trinajstić information content (AvgIpc) is 2.33. The van der Waals surface area contributed by atoms with E-state index in [1.54, 1.807) is 30.9 Å². The Labute approximate surface area is 97.4 Å². The van der Waals surface area contributed by atoms with E-state index in [2.05, 4.69) is 21.0 Å². The lowest BCUT2D eigenvalue weighted by Crippen LogP contribution is -1.88. The minimum Gasteiger partial charge on any atom is -0.263 e. The summed E-state index contributed by atoms with van der Waals surface area (Å²) >= 11 is 1.34. The zero-order valence-electron chi connectivity index (χ0n) is 8.58. The third-order valence-electron chi connectivity index (χ3n) is 1.86. The summed E-state index contributed by atoms with van der Waals surface area (Å²) in [6.45, 7) is 1.93. The van der Waals surface area contributed by atoms with Crippen molar-refractivity contribution < 1.29 is 0 Å². The van der Waals surface area contributed by atoms with Gasteiger partial charge in [0, 0.05) is 24.8 Å². The number of aromatic nitrogens is 3. The topological polar surface area (TPSA) is 62.5 Å². The molecule has 0 unspecified atom stereocenters. The Hall–Kier alpha value is -1.93. The molecule has 0 amide bonds. The average molecular weight is 228 g/mol. The van der Waals surface area contributed by atoms with Crippen LogP contribution in [0.15, 0.2) is 40.9 Å². The molecule has 2 heterocycles. The number of hydrogen-bond acceptors (Lipinski definition) is 5. The molecule has 0 fully saturated rings. The van der Waals surface area contributed by atoms with Crippen molar-refractivity contribution in [3.63, 3.8) is 0 Å². The Balaban J connectivity index is 2.27. The standard InChI is InChI=1S/C11H8N4S/c1-8-5-14-11(15-6-8)16-10-7-13-3-2-9(10)4-12/h2-3,5-7H,1H3. The van der Waals surface area contributed by atoms with Gasteiger partial charge in [-0.3, -0.25) is 4.98 Å². The molecule has 0 atom stereocenters. The molecule has 0 radical (unpaired) electrons. The molecule has 0 aliphatic rings. The van der Waals surface area contributed by atoms with Gasteiger partial charge in [-0.15, -0.1) is 0 Å². The minimum absolute atomic E-state index is 0.587. The first kappa shape index (κ1) is 10.6. The predicted molar refractivity (Wildman–Crippen MR) is 59.8 cm³/mol. The molecule has 2 aromatic rings. The van der Waals surface area contributed by atoms with Crippen LogP contribution in [0.4, 0.5) is 0 Å². The van der Waals surface area contributed by atoms with Gasteiger partial charge in [-0.25, -0.2) is 9.97 Å². The van der Waals surface area contributed by atoms with Gasteiger partial charge >= 0.3 is 0 Å². The Morgan fingerprint density at radius 3 is 2.69 bits per heavy atom. The Morgan fingerprint density at radius 1 is 1.25 bits per heavy atom. The van der Waals surface area contributed by atoms with Crippen LogP contribution in [0.5, 0.6) is 0 Å². The number of rotatable bonds is 2. The molecule has 0 aromatic carbocycles. The van der Waals surface area contributed by atoms with E-state index in [1.165, 1.54) is 11.8 Å². The summed E-state index contributed by atoms with van der Waals surface area (Å²) in [6, 6.07) is 3.79. The maximum Gasteiger partial charge on any atom is 0.192 e. The van der Waals surface area contributed by atoms with Crippen molar-refractivity contribution in [1.82, 2.24) is 15.0 Å². The van der Waals surface area contributed by atoms with Crippen molar-refractivity contribution in [3.05, 3.63) is 42.0 Å². The van der Waals surface area contributed by atoms with Gasteiger partial charge in [0.1, 0.15) is 6.07 Å². The van der Waals surface area contributed by atoms with E-state index in [0.29, 0.717) is 10.7 Å². The fourth-order valence-electron chi connectivity index (χ4n) is 1.09. The van der Waals surface area contributed by atoms with Gasteiger partial charge in [-0.2, -0.15) is 5.26 Å². The predicted octanol–water partition coefficient (Wildman–Crippen LogP) is 2.20. The van der Waals surface area contributed by atoms with Gasteiger partial charge in [0.2, 0.25) is 0 Å². The van der Waals surface area contributed by atoms with Gasteiger partial charge in [-0.05, 0) is 30.3 Å². The molecule has 16 heavy (non-hydrogen) atoms. The first-order valence-electron chi connectivity index (χ1n) is 4.60. The first-order chi connectivity index (χ1) is 7.79. The van der Waals surface area contributed by atoms with Gasteiger partial charge in [-0.1, -0.05) is 0 Å². The number of nitrogens with zero attached hydrogens (tertiary/aromatic N) is 4. The normalized spacial score (nSPS) is 9.75. The van der Waals surface area contributed by atoms with Crippen molar-refractivity contribution in [2.45, 2.75) is 17.0 Å². The molecule has 0 N–H and O–H groups in total. The molecule has 2 rings (SSSR count). The Kier molecular flexibility index (Phi) is 3.13. The van der Waals surface area contributed by atoms with Gasteiger partial charge in [0.15, 0.2) is 5.16 Å². The molecule has 4 nitrogen and oxygen atoms in total. The number of aryl methyl sites for hydroxylation is 1. The monoisotopic (exact) mass is 228 g/mol. The van der Waals surface area contributed by atoms with Crippen molar-refractivity contribution in [3.8, 4) is 6.07 Å². The molecule has 5 heteroatoms. The fraction of sp³-hybridized carbons (Fsp3) is 0.0909. The van der Waals surface area contributed by atoms with Crippen LogP contribution in [0, 0.1) is 18.3 Å². The molecule has 0 aliphatic heterocycles. The fourth-order valence-corrected chi connectivity index (χ4v) is 1.83. The number of hydrogen-bond donors (Lipinski definition) is 0. The highest BCUT2D eigenvalue weighted by molar-refractivity contribution is 7.99. The van der Waals surface area contributed by atoms with Crippen molar-refractivity contribution >= 4 is 11.8 Å². The lowest BCUT2D eigenvalue weighted by molar-refractivity contribution is 0.949. The highest BCUT2D eigenvalue weighted by Crippen LogP contribution is 2.26. The third kappa shape index (κ3) is 2.35. The second-order valence-electron chi connectivity index (χ2n) is 3.13. The first-order valence-corrected chi connectivity index (χ1v) is 5.42. The van der Waals surface area contributed by atoms with Crippen molar-refractivity contribution in [2.75, 3.05) is 0 Å². The molecule has 0 bridgehead atoms. The zero-order chi connectivity index (χ0) is 11.4. The summed E-state index contributed by atoms with van der Waals surface area (Å²) in [7, 11) is 0.